The summed E-state index contributed by atoms with van der Waals surface area (Å²) >= 11 is 5.60. The van der Waals surface area contributed by atoms with Gasteiger partial charge in [-0.3, -0.25) is 4.79 Å². The topological polar surface area (TPSA) is 136 Å². The quantitative estimate of drug-likeness (QED) is 0.681. The molecule has 1 atom stereocenters. The van der Waals surface area contributed by atoms with Crippen LogP contribution in [-0.4, -0.2) is 34.6 Å². The zero-order chi connectivity index (χ0) is 19.5. The SMILES string of the molecule is NC(=O)[C@@](CCC(F)(F)F)(N=S(=O)=O)NS(=O)(=O)c1ccc(Cl)cc1. The molecule has 1 amide bonds. The molecule has 0 aliphatic carbocycles. The van der Waals surface area contributed by atoms with Crippen LogP contribution in [0.1, 0.15) is 12.8 Å². The summed E-state index contributed by atoms with van der Waals surface area (Å²) in [4.78, 5) is 11.1. The van der Waals surface area contributed by atoms with Gasteiger partial charge in [-0.15, -0.1) is 4.36 Å². The number of benzene rings is 1. The average molecular weight is 422 g/mol. The first-order valence-electron chi connectivity index (χ1n) is 6.26. The van der Waals surface area contributed by atoms with Crippen molar-refractivity contribution in [3.8, 4) is 0 Å². The number of nitrogens with one attached hydrogen (secondary N) is 1. The first-order chi connectivity index (χ1) is 11.3. The summed E-state index contributed by atoms with van der Waals surface area (Å²) in [6.07, 6.45) is -7.86. The zero-order valence-electron chi connectivity index (χ0n) is 12.1. The number of sulfonamides is 1. The van der Waals surface area contributed by atoms with Gasteiger partial charge in [-0.05, 0) is 24.3 Å². The van der Waals surface area contributed by atoms with Crippen LogP contribution < -0.4 is 10.5 Å². The summed E-state index contributed by atoms with van der Waals surface area (Å²) in [5.74, 6) is -1.71. The van der Waals surface area contributed by atoms with E-state index in [1.54, 1.807) is 4.72 Å². The van der Waals surface area contributed by atoms with Gasteiger partial charge in [0.1, 0.15) is 0 Å². The molecule has 1 rings (SSSR count). The molecule has 0 bridgehead atoms. The third kappa shape index (κ3) is 6.26. The van der Waals surface area contributed by atoms with Crippen molar-refractivity contribution >= 4 is 38.0 Å². The van der Waals surface area contributed by atoms with Crippen molar-refractivity contribution in [2.45, 2.75) is 29.6 Å². The standard InChI is InChI=1S/C11H11ClF3N3O5S2/c12-7-1-3-8(4-2-7)25(22,23)18-10(9(16)19,17-24(20)21)5-6-11(13,14)15/h1-4,18H,5-6H2,(H2,16,19)/t10-/m0/s1. The normalized spacial score (nSPS) is 14.6. The summed E-state index contributed by atoms with van der Waals surface area (Å²) in [7, 11) is -8.06. The Labute approximate surface area is 146 Å². The van der Waals surface area contributed by atoms with Gasteiger partial charge < -0.3 is 5.73 Å². The van der Waals surface area contributed by atoms with Gasteiger partial charge in [0.25, 0.3) is 5.91 Å². The van der Waals surface area contributed by atoms with Crippen LogP contribution in [-0.2, 0) is 25.3 Å². The van der Waals surface area contributed by atoms with E-state index in [1.807, 2.05) is 0 Å². The van der Waals surface area contributed by atoms with Crippen molar-refractivity contribution in [2.75, 3.05) is 0 Å². The van der Waals surface area contributed by atoms with Gasteiger partial charge in [-0.1, -0.05) is 11.6 Å². The average Bonchev–Trinajstić information content (AvgIpc) is 2.43. The van der Waals surface area contributed by atoms with E-state index in [-0.39, 0.29) is 5.02 Å². The van der Waals surface area contributed by atoms with Gasteiger partial charge in [0, 0.05) is 17.9 Å². The number of amides is 1. The Morgan fingerprint density at radius 2 is 1.72 bits per heavy atom. The van der Waals surface area contributed by atoms with Gasteiger partial charge >= 0.3 is 16.7 Å². The van der Waals surface area contributed by atoms with Crippen molar-refractivity contribution in [1.82, 2.24) is 4.72 Å². The molecule has 3 N–H and O–H groups in total. The van der Waals surface area contributed by atoms with Crippen molar-refractivity contribution in [3.63, 3.8) is 0 Å². The van der Waals surface area contributed by atoms with E-state index < -0.39 is 56.0 Å². The van der Waals surface area contributed by atoms with Crippen LogP contribution in [0.25, 0.3) is 0 Å². The number of hydrogen-bond donors (Lipinski definition) is 2. The fraction of sp³-hybridized carbons (Fsp3) is 0.364. The Morgan fingerprint density at radius 1 is 1.20 bits per heavy atom. The second kappa shape index (κ2) is 7.68. The minimum Gasteiger partial charge on any atom is -0.366 e. The van der Waals surface area contributed by atoms with Crippen LogP contribution in [0.2, 0.25) is 5.02 Å². The first kappa shape index (κ1) is 21.3. The Bertz CT molecular complexity index is 877. The number of hydrogen-bond acceptors (Lipinski definition) is 6. The second-order valence-electron chi connectivity index (χ2n) is 4.71. The first-order valence-corrected chi connectivity index (χ1v) is 9.15. The van der Waals surface area contributed by atoms with E-state index in [0.717, 1.165) is 12.1 Å². The highest BCUT2D eigenvalue weighted by atomic mass is 35.5. The highest BCUT2D eigenvalue weighted by molar-refractivity contribution is 7.89. The van der Waals surface area contributed by atoms with Gasteiger partial charge in [-0.25, -0.2) is 8.42 Å². The number of primary amides is 1. The minimum atomic E-state index is -4.81. The molecule has 0 unspecified atom stereocenters. The molecule has 0 spiro atoms. The largest absolute Gasteiger partial charge is 0.389 e. The van der Waals surface area contributed by atoms with E-state index in [0.29, 0.717) is 0 Å². The fourth-order valence-corrected chi connectivity index (χ4v) is 3.65. The number of nitrogens with zero attached hydrogens (tertiary/aromatic N) is 1. The molecule has 0 heterocycles. The molecule has 0 saturated heterocycles. The van der Waals surface area contributed by atoms with Gasteiger partial charge in [0.15, 0.2) is 0 Å². The Hall–Kier alpha value is -1.70. The van der Waals surface area contributed by atoms with Crippen LogP contribution in [0, 0.1) is 0 Å². The molecule has 25 heavy (non-hydrogen) atoms. The lowest BCUT2D eigenvalue weighted by atomic mass is 10.1. The van der Waals surface area contributed by atoms with Gasteiger partial charge in [0.2, 0.25) is 15.7 Å². The van der Waals surface area contributed by atoms with Crippen LogP contribution in [0.5, 0.6) is 0 Å². The van der Waals surface area contributed by atoms with Crippen LogP contribution in [0.15, 0.2) is 33.5 Å². The molecule has 0 aromatic heterocycles. The molecule has 14 heteroatoms. The predicted octanol–water partition coefficient (Wildman–Crippen LogP) is 1.21. The van der Waals surface area contributed by atoms with Crippen molar-refractivity contribution in [3.05, 3.63) is 29.3 Å². The molecule has 1 aromatic carbocycles. The molecular weight excluding hydrogens is 411 g/mol. The maximum Gasteiger partial charge on any atom is 0.389 e. The lowest BCUT2D eigenvalue weighted by Crippen LogP contribution is -2.56. The van der Waals surface area contributed by atoms with Gasteiger partial charge in [0.05, 0.1) is 4.90 Å². The zero-order valence-corrected chi connectivity index (χ0v) is 14.5. The molecule has 0 radical (unpaired) electrons. The van der Waals surface area contributed by atoms with Crippen LogP contribution in [0.3, 0.4) is 0 Å². The van der Waals surface area contributed by atoms with E-state index in [9.17, 15) is 34.8 Å². The Kier molecular flexibility index (Phi) is 6.55. The van der Waals surface area contributed by atoms with Crippen molar-refractivity contribution in [2.24, 2.45) is 10.1 Å². The lowest BCUT2D eigenvalue weighted by Gasteiger charge is -2.26. The monoisotopic (exact) mass is 421 g/mol. The molecule has 140 valence electrons. The van der Waals surface area contributed by atoms with E-state index in [4.69, 9.17) is 17.3 Å². The van der Waals surface area contributed by atoms with E-state index in [2.05, 4.69) is 4.36 Å². The summed E-state index contributed by atoms with van der Waals surface area (Å²) < 4.78 is 87.8. The van der Waals surface area contributed by atoms with Crippen LogP contribution in [0.4, 0.5) is 13.2 Å². The molecule has 0 saturated carbocycles. The van der Waals surface area contributed by atoms with Crippen LogP contribution >= 0.6 is 11.6 Å². The maximum atomic E-state index is 12.4. The number of nitrogens with two attached hydrogens (primary N) is 1. The van der Waals surface area contributed by atoms with Crippen molar-refractivity contribution < 1.29 is 34.8 Å². The summed E-state index contributed by atoms with van der Waals surface area (Å²) in [5, 5.41) is 0.169. The maximum absolute atomic E-state index is 12.4. The van der Waals surface area contributed by atoms with E-state index >= 15 is 0 Å². The molecule has 0 aliphatic heterocycles. The second-order valence-corrected chi connectivity index (χ2v) is 7.44. The third-order valence-corrected chi connectivity index (χ3v) is 5.05. The highest BCUT2D eigenvalue weighted by Crippen LogP contribution is 2.28. The number of halogens is 4. The lowest BCUT2D eigenvalue weighted by molar-refractivity contribution is -0.141. The molecule has 1 aromatic rings. The summed E-state index contributed by atoms with van der Waals surface area (Å²) in [6.45, 7) is 0. The molecular formula is C11H11ClF3N3O5S2. The summed E-state index contributed by atoms with van der Waals surface area (Å²) in [6, 6.07) is 4.32. The minimum absolute atomic E-state index is 0.169. The molecule has 8 nitrogen and oxygen atoms in total. The van der Waals surface area contributed by atoms with E-state index in [1.165, 1.54) is 12.1 Å². The highest BCUT2D eigenvalue weighted by Gasteiger charge is 2.45. The molecule has 0 fully saturated rings. The Balaban J connectivity index is 3.38. The number of rotatable bonds is 7. The third-order valence-electron chi connectivity index (χ3n) is 2.84. The smallest absolute Gasteiger partial charge is 0.366 e. The van der Waals surface area contributed by atoms with Gasteiger partial charge in [-0.2, -0.15) is 26.3 Å². The number of carbonyl (C=O) groups is 1. The fourth-order valence-electron chi connectivity index (χ4n) is 1.68. The molecule has 0 aliphatic rings. The predicted molar refractivity (Wildman–Crippen MR) is 80.3 cm³/mol. The summed E-state index contributed by atoms with van der Waals surface area (Å²) in [5.41, 5.74) is 1.91. The Morgan fingerprint density at radius 3 is 2.12 bits per heavy atom. The number of alkyl halides is 3. The number of carbonyl (C=O) groups excluding carboxylic acids is 1. The van der Waals surface area contributed by atoms with Crippen molar-refractivity contribution in [1.29, 1.82) is 0 Å².